The van der Waals surface area contributed by atoms with Crippen LogP contribution in [-0.4, -0.2) is 21.9 Å². The van der Waals surface area contributed by atoms with E-state index in [2.05, 4.69) is 34.4 Å². The minimum atomic E-state index is -0.277. The fourth-order valence-corrected chi connectivity index (χ4v) is 2.68. The van der Waals surface area contributed by atoms with Gasteiger partial charge in [-0.1, -0.05) is 37.3 Å². The minimum absolute atomic E-state index is 0.267. The van der Waals surface area contributed by atoms with Crippen molar-refractivity contribution in [2.45, 2.75) is 39.8 Å². The lowest BCUT2D eigenvalue weighted by Crippen LogP contribution is -2.18. The van der Waals surface area contributed by atoms with Gasteiger partial charge >= 0.3 is 0 Å². The minimum Gasteiger partial charge on any atom is -0.489 e. The molecule has 0 saturated carbocycles. The van der Waals surface area contributed by atoms with Crippen molar-refractivity contribution in [3.63, 3.8) is 0 Å². The Bertz CT molecular complexity index is 943. The Kier molecular flexibility index (Phi) is 6.79. The van der Waals surface area contributed by atoms with Gasteiger partial charge in [-0.05, 0) is 50.1 Å². The Morgan fingerprint density at radius 3 is 2.48 bits per heavy atom. The first kappa shape index (κ1) is 20.3. The van der Waals surface area contributed by atoms with Crippen LogP contribution in [0.3, 0.4) is 0 Å². The van der Waals surface area contributed by atoms with Crippen LogP contribution >= 0.6 is 0 Å². The van der Waals surface area contributed by atoms with Crippen LogP contribution < -0.4 is 15.4 Å². The smallest absolute Gasteiger partial charge is 0.274 e. The Morgan fingerprint density at radius 1 is 1.07 bits per heavy atom. The van der Waals surface area contributed by atoms with E-state index in [0.29, 0.717) is 29.6 Å². The number of benzene rings is 2. The molecule has 6 nitrogen and oxygen atoms in total. The lowest BCUT2D eigenvalue weighted by molar-refractivity contribution is 0.102. The third-order valence-electron chi connectivity index (χ3n) is 4.44. The molecule has 150 valence electrons. The third kappa shape index (κ3) is 6.04. The van der Waals surface area contributed by atoms with E-state index in [1.807, 2.05) is 54.6 Å². The van der Waals surface area contributed by atoms with E-state index < -0.39 is 0 Å². The molecule has 0 saturated heterocycles. The molecule has 0 aliphatic rings. The maximum absolute atomic E-state index is 12.6. The molecule has 1 amide bonds. The lowest BCUT2D eigenvalue weighted by atomic mass is 10.2. The first-order valence-electron chi connectivity index (χ1n) is 9.74. The summed E-state index contributed by atoms with van der Waals surface area (Å²) in [6.07, 6.45) is 0.962. The highest BCUT2D eigenvalue weighted by Crippen LogP contribution is 2.18. The average molecular weight is 390 g/mol. The quantitative estimate of drug-likeness (QED) is 0.576. The zero-order valence-electron chi connectivity index (χ0n) is 17.0. The van der Waals surface area contributed by atoms with Gasteiger partial charge in [-0.25, -0.2) is 9.97 Å². The fraction of sp³-hybridized carbons (Fsp3) is 0.261. The highest BCUT2D eigenvalue weighted by molar-refractivity contribution is 6.03. The summed E-state index contributed by atoms with van der Waals surface area (Å²) in [4.78, 5) is 21.2. The van der Waals surface area contributed by atoms with E-state index in [0.717, 1.165) is 17.7 Å². The maximum atomic E-state index is 12.6. The lowest BCUT2D eigenvalue weighted by Gasteiger charge is -2.13. The molecule has 0 radical (unpaired) electrons. The standard InChI is InChI=1S/C23H26N4O2/c1-4-16(2)24-22-14-21(25-17(3)26-22)23(28)27-19-10-12-20(13-11-19)29-15-18-8-6-5-7-9-18/h5-14,16H,4,15H2,1-3H3,(H,27,28)(H,24,25,26). The van der Waals surface area contributed by atoms with Gasteiger partial charge in [0.05, 0.1) is 0 Å². The van der Waals surface area contributed by atoms with Gasteiger partial charge in [0.1, 0.15) is 29.7 Å². The predicted octanol–water partition coefficient (Wildman–Crippen LogP) is 4.83. The van der Waals surface area contributed by atoms with Crippen molar-refractivity contribution in [3.05, 3.63) is 77.7 Å². The second-order valence-electron chi connectivity index (χ2n) is 6.89. The van der Waals surface area contributed by atoms with Crippen LogP contribution in [-0.2, 0) is 6.61 Å². The van der Waals surface area contributed by atoms with Gasteiger partial charge in [0, 0.05) is 17.8 Å². The number of rotatable bonds is 8. The maximum Gasteiger partial charge on any atom is 0.274 e. The number of ether oxygens (including phenoxy) is 1. The summed E-state index contributed by atoms with van der Waals surface area (Å²) in [6.45, 7) is 6.43. The van der Waals surface area contributed by atoms with Crippen LogP contribution in [0.1, 0.15) is 42.1 Å². The van der Waals surface area contributed by atoms with Crippen molar-refractivity contribution in [2.24, 2.45) is 0 Å². The van der Waals surface area contributed by atoms with E-state index >= 15 is 0 Å². The molecule has 1 heterocycles. The van der Waals surface area contributed by atoms with Gasteiger partial charge in [-0.2, -0.15) is 0 Å². The molecule has 0 aliphatic carbocycles. The summed E-state index contributed by atoms with van der Waals surface area (Å²) in [6, 6.07) is 19.2. The molecule has 6 heteroatoms. The Morgan fingerprint density at radius 2 is 1.79 bits per heavy atom. The zero-order chi connectivity index (χ0) is 20.6. The molecule has 1 unspecified atom stereocenters. The predicted molar refractivity (Wildman–Crippen MR) is 115 cm³/mol. The van der Waals surface area contributed by atoms with Crippen LogP contribution in [0, 0.1) is 6.92 Å². The summed E-state index contributed by atoms with van der Waals surface area (Å²) < 4.78 is 5.77. The largest absolute Gasteiger partial charge is 0.489 e. The summed E-state index contributed by atoms with van der Waals surface area (Å²) in [7, 11) is 0. The molecule has 0 spiro atoms. The van der Waals surface area contributed by atoms with Crippen molar-refractivity contribution in [1.82, 2.24) is 9.97 Å². The van der Waals surface area contributed by atoms with Gasteiger partial charge in [-0.15, -0.1) is 0 Å². The van der Waals surface area contributed by atoms with Crippen LogP contribution in [0.4, 0.5) is 11.5 Å². The van der Waals surface area contributed by atoms with Gasteiger partial charge in [0.2, 0.25) is 0 Å². The molecule has 1 atom stereocenters. The number of nitrogens with zero attached hydrogens (tertiary/aromatic N) is 2. The first-order valence-corrected chi connectivity index (χ1v) is 9.74. The van der Waals surface area contributed by atoms with Crippen LogP contribution in [0.5, 0.6) is 5.75 Å². The number of carbonyl (C=O) groups excluding carboxylic acids is 1. The van der Waals surface area contributed by atoms with Crippen molar-refractivity contribution in [2.75, 3.05) is 10.6 Å². The van der Waals surface area contributed by atoms with Crippen LogP contribution in [0.2, 0.25) is 0 Å². The normalized spacial score (nSPS) is 11.6. The van der Waals surface area contributed by atoms with Crippen LogP contribution in [0.25, 0.3) is 0 Å². The van der Waals surface area contributed by atoms with Crippen molar-refractivity contribution in [1.29, 1.82) is 0 Å². The summed E-state index contributed by atoms with van der Waals surface area (Å²) in [5.41, 5.74) is 2.10. The molecule has 2 N–H and O–H groups in total. The number of hydrogen-bond donors (Lipinski definition) is 2. The van der Waals surface area contributed by atoms with Crippen molar-refractivity contribution >= 4 is 17.4 Å². The summed E-state index contributed by atoms with van der Waals surface area (Å²) in [5, 5.41) is 6.15. The SMILES string of the molecule is CCC(C)Nc1cc(C(=O)Nc2ccc(OCc3ccccc3)cc2)nc(C)n1. The number of anilines is 2. The van der Waals surface area contributed by atoms with E-state index in [4.69, 9.17) is 4.74 Å². The molecule has 29 heavy (non-hydrogen) atoms. The topological polar surface area (TPSA) is 76.1 Å². The van der Waals surface area contributed by atoms with E-state index in [9.17, 15) is 4.79 Å². The van der Waals surface area contributed by atoms with Gasteiger partial charge < -0.3 is 15.4 Å². The molecule has 1 aromatic heterocycles. The summed E-state index contributed by atoms with van der Waals surface area (Å²) in [5.74, 6) is 1.67. The molecular formula is C23H26N4O2. The molecule has 0 fully saturated rings. The Labute approximate surface area is 171 Å². The van der Waals surface area contributed by atoms with Crippen LogP contribution in [0.15, 0.2) is 60.7 Å². The first-order chi connectivity index (χ1) is 14.0. The summed E-state index contributed by atoms with van der Waals surface area (Å²) >= 11 is 0. The van der Waals surface area contributed by atoms with Gasteiger partial charge in [0.25, 0.3) is 5.91 Å². The molecule has 3 rings (SSSR count). The second kappa shape index (κ2) is 9.68. The fourth-order valence-electron chi connectivity index (χ4n) is 2.68. The van der Waals surface area contributed by atoms with E-state index in [1.165, 1.54) is 0 Å². The molecule has 0 aliphatic heterocycles. The second-order valence-corrected chi connectivity index (χ2v) is 6.89. The van der Waals surface area contributed by atoms with E-state index in [-0.39, 0.29) is 11.9 Å². The Hall–Kier alpha value is -3.41. The van der Waals surface area contributed by atoms with Gasteiger partial charge in [-0.3, -0.25) is 4.79 Å². The third-order valence-corrected chi connectivity index (χ3v) is 4.44. The Balaban J connectivity index is 1.61. The monoisotopic (exact) mass is 390 g/mol. The zero-order valence-corrected chi connectivity index (χ0v) is 17.0. The number of nitrogens with one attached hydrogen (secondary N) is 2. The number of aromatic nitrogens is 2. The number of aryl methyl sites for hydroxylation is 1. The van der Waals surface area contributed by atoms with E-state index in [1.54, 1.807) is 13.0 Å². The highest BCUT2D eigenvalue weighted by Gasteiger charge is 2.12. The molecule has 2 aromatic carbocycles. The molecule has 0 bridgehead atoms. The van der Waals surface area contributed by atoms with Gasteiger partial charge in [0.15, 0.2) is 0 Å². The molecular weight excluding hydrogens is 364 g/mol. The number of hydrogen-bond acceptors (Lipinski definition) is 5. The molecule has 3 aromatic rings. The van der Waals surface area contributed by atoms with Crippen molar-refractivity contribution < 1.29 is 9.53 Å². The number of amides is 1. The van der Waals surface area contributed by atoms with Crippen molar-refractivity contribution in [3.8, 4) is 5.75 Å². The average Bonchev–Trinajstić information content (AvgIpc) is 2.73. The number of carbonyl (C=O) groups is 1. The highest BCUT2D eigenvalue weighted by atomic mass is 16.5.